The molecule has 2 atom stereocenters. The molecule has 3 aromatic heterocycles. The minimum absolute atomic E-state index is 0.160. The van der Waals surface area contributed by atoms with Gasteiger partial charge in [-0.2, -0.15) is 10.2 Å². The number of nitrogens with one attached hydrogen (secondary N) is 1. The molecule has 4 heterocycles. The average molecular weight is 366 g/mol. The van der Waals surface area contributed by atoms with Crippen LogP contribution >= 0.6 is 11.6 Å². The van der Waals surface area contributed by atoms with Crippen molar-refractivity contribution in [2.75, 3.05) is 0 Å². The van der Waals surface area contributed by atoms with Gasteiger partial charge >= 0.3 is 0 Å². The van der Waals surface area contributed by atoms with Gasteiger partial charge < -0.3 is 5.32 Å². The van der Waals surface area contributed by atoms with E-state index < -0.39 is 0 Å². The molecule has 0 radical (unpaired) electrons. The van der Waals surface area contributed by atoms with Gasteiger partial charge in [0.25, 0.3) is 0 Å². The summed E-state index contributed by atoms with van der Waals surface area (Å²) >= 11 is 6.34. The van der Waals surface area contributed by atoms with E-state index in [1.807, 2.05) is 30.3 Å². The molecule has 4 rings (SSSR count). The summed E-state index contributed by atoms with van der Waals surface area (Å²) in [5.41, 5.74) is 3.91. The molecule has 0 unspecified atom stereocenters. The Morgan fingerprint density at radius 2 is 1.81 bits per heavy atom. The number of pyridine rings is 2. The van der Waals surface area contributed by atoms with Crippen LogP contribution in [-0.4, -0.2) is 20.2 Å². The average Bonchev–Trinajstić information content (AvgIpc) is 2.69. The van der Waals surface area contributed by atoms with Gasteiger partial charge in [-0.1, -0.05) is 17.7 Å². The molecule has 5 nitrogen and oxygen atoms in total. The van der Waals surface area contributed by atoms with Crippen molar-refractivity contribution in [1.82, 2.24) is 25.5 Å². The van der Waals surface area contributed by atoms with Gasteiger partial charge in [0.05, 0.1) is 28.1 Å². The highest BCUT2D eigenvalue weighted by molar-refractivity contribution is 6.31. The van der Waals surface area contributed by atoms with Crippen LogP contribution in [0.4, 0.5) is 0 Å². The summed E-state index contributed by atoms with van der Waals surface area (Å²) in [4.78, 5) is 9.33. The van der Waals surface area contributed by atoms with Crippen molar-refractivity contribution < 1.29 is 0 Å². The number of nitrogens with zero attached hydrogens (tertiary/aromatic N) is 4. The lowest BCUT2D eigenvalue weighted by Crippen LogP contribution is -2.32. The van der Waals surface area contributed by atoms with Crippen molar-refractivity contribution in [2.45, 2.75) is 37.8 Å². The molecule has 6 heteroatoms. The molecule has 0 aromatic carbocycles. The lowest BCUT2D eigenvalue weighted by molar-refractivity contribution is 0.321. The van der Waals surface area contributed by atoms with Crippen LogP contribution in [-0.2, 0) is 6.42 Å². The Balaban J connectivity index is 1.52. The van der Waals surface area contributed by atoms with E-state index in [4.69, 9.17) is 16.6 Å². The zero-order valence-electron chi connectivity index (χ0n) is 14.3. The maximum Gasteiger partial charge on any atom is 0.0759 e. The van der Waals surface area contributed by atoms with Crippen LogP contribution < -0.4 is 5.32 Å². The third-order valence-electron chi connectivity index (χ3n) is 4.68. The molecular weight excluding hydrogens is 346 g/mol. The summed E-state index contributed by atoms with van der Waals surface area (Å²) < 4.78 is 0. The number of halogens is 1. The Morgan fingerprint density at radius 1 is 0.962 bits per heavy atom. The first-order valence-corrected chi connectivity index (χ1v) is 9.26. The van der Waals surface area contributed by atoms with Crippen LogP contribution in [0.15, 0.2) is 54.9 Å². The van der Waals surface area contributed by atoms with E-state index >= 15 is 0 Å². The number of piperidine rings is 1. The quantitative estimate of drug-likeness (QED) is 0.755. The minimum atomic E-state index is 0.160. The van der Waals surface area contributed by atoms with Gasteiger partial charge in [-0.3, -0.25) is 9.97 Å². The van der Waals surface area contributed by atoms with Crippen LogP contribution in [0.25, 0.3) is 0 Å². The largest absolute Gasteiger partial charge is 0.300 e. The predicted octanol–water partition coefficient (Wildman–Crippen LogP) is 4.07. The minimum Gasteiger partial charge on any atom is -0.300 e. The van der Waals surface area contributed by atoms with Crippen LogP contribution in [0.5, 0.6) is 0 Å². The second-order valence-electron chi connectivity index (χ2n) is 6.52. The smallest absolute Gasteiger partial charge is 0.0759 e. The van der Waals surface area contributed by atoms with Gasteiger partial charge in [0.15, 0.2) is 0 Å². The molecule has 3 aromatic rings. The second-order valence-corrected chi connectivity index (χ2v) is 6.93. The van der Waals surface area contributed by atoms with E-state index in [0.717, 1.165) is 47.1 Å². The SMILES string of the molecule is Clc1cccnc1[C@@H]1CCC[C@H](c2cccc(Cc3cccnn3)n2)N1. The molecule has 0 saturated carbocycles. The topological polar surface area (TPSA) is 63.6 Å². The summed E-state index contributed by atoms with van der Waals surface area (Å²) in [5, 5.41) is 12.5. The van der Waals surface area contributed by atoms with Gasteiger partial charge in [-0.05, 0) is 55.7 Å². The zero-order valence-corrected chi connectivity index (χ0v) is 15.1. The maximum absolute atomic E-state index is 6.34. The number of rotatable bonds is 4. The van der Waals surface area contributed by atoms with E-state index in [-0.39, 0.29) is 12.1 Å². The summed E-state index contributed by atoms with van der Waals surface area (Å²) in [6.07, 6.45) is 7.37. The monoisotopic (exact) mass is 365 g/mol. The second kappa shape index (κ2) is 7.89. The van der Waals surface area contributed by atoms with Gasteiger partial charge in [0.1, 0.15) is 0 Å². The lowest BCUT2D eigenvalue weighted by Gasteiger charge is -2.31. The van der Waals surface area contributed by atoms with Crippen LogP contribution in [0.2, 0.25) is 5.02 Å². The summed E-state index contributed by atoms with van der Waals surface area (Å²) in [5.74, 6) is 0. The fourth-order valence-electron chi connectivity index (χ4n) is 3.44. The van der Waals surface area contributed by atoms with E-state index in [1.54, 1.807) is 12.4 Å². The standard InChI is InChI=1S/C20H20ClN5/c21-16-7-4-11-22-20(16)19-10-2-9-18(25-19)17-8-1-5-14(24-17)13-15-6-3-12-23-26-15/h1,3-8,11-12,18-19,25H,2,9-10,13H2/t18-,19+/m1/s1. The lowest BCUT2D eigenvalue weighted by atomic mass is 9.94. The van der Waals surface area contributed by atoms with Crippen LogP contribution in [0.3, 0.4) is 0 Å². The van der Waals surface area contributed by atoms with Crippen molar-refractivity contribution in [2.24, 2.45) is 0 Å². The first-order valence-electron chi connectivity index (χ1n) is 8.88. The highest BCUT2D eigenvalue weighted by Crippen LogP contribution is 2.33. The van der Waals surface area contributed by atoms with Gasteiger partial charge in [-0.15, -0.1) is 0 Å². The third-order valence-corrected chi connectivity index (χ3v) is 5.00. The zero-order chi connectivity index (χ0) is 17.8. The fourth-order valence-corrected chi connectivity index (χ4v) is 3.70. The first kappa shape index (κ1) is 17.1. The fraction of sp³-hybridized carbons (Fsp3) is 0.300. The Bertz CT molecular complexity index is 871. The van der Waals surface area contributed by atoms with E-state index in [2.05, 4.69) is 32.6 Å². The van der Waals surface area contributed by atoms with Crippen molar-refractivity contribution in [3.63, 3.8) is 0 Å². The summed E-state index contributed by atoms with van der Waals surface area (Å²) in [6, 6.07) is 14.2. The van der Waals surface area contributed by atoms with Crippen LogP contribution in [0.1, 0.15) is 54.1 Å². The first-order chi connectivity index (χ1) is 12.8. The molecule has 132 valence electrons. The Labute approximate surface area is 157 Å². The number of hydrogen-bond donors (Lipinski definition) is 1. The molecule has 26 heavy (non-hydrogen) atoms. The highest BCUT2D eigenvalue weighted by atomic mass is 35.5. The summed E-state index contributed by atoms with van der Waals surface area (Å²) in [6.45, 7) is 0. The maximum atomic E-state index is 6.34. The molecule has 1 fully saturated rings. The number of hydrogen-bond acceptors (Lipinski definition) is 5. The molecule has 1 aliphatic rings. The Kier molecular flexibility index (Phi) is 5.18. The van der Waals surface area contributed by atoms with Gasteiger partial charge in [-0.25, -0.2) is 0 Å². The molecule has 1 saturated heterocycles. The molecule has 0 bridgehead atoms. The summed E-state index contributed by atoms with van der Waals surface area (Å²) in [7, 11) is 0. The van der Waals surface area contributed by atoms with Gasteiger partial charge in [0, 0.05) is 30.6 Å². The molecule has 1 N–H and O–H groups in total. The van der Waals surface area contributed by atoms with Crippen molar-refractivity contribution in [3.05, 3.63) is 82.7 Å². The van der Waals surface area contributed by atoms with Crippen molar-refractivity contribution in [1.29, 1.82) is 0 Å². The van der Waals surface area contributed by atoms with Crippen molar-refractivity contribution in [3.8, 4) is 0 Å². The Morgan fingerprint density at radius 3 is 2.65 bits per heavy atom. The highest BCUT2D eigenvalue weighted by Gasteiger charge is 2.26. The molecular formula is C20H20ClN5. The number of aromatic nitrogens is 4. The molecule has 0 spiro atoms. The van der Waals surface area contributed by atoms with Crippen molar-refractivity contribution >= 4 is 11.6 Å². The molecule has 1 aliphatic heterocycles. The van der Waals surface area contributed by atoms with E-state index in [1.165, 1.54) is 0 Å². The normalized spacial score (nSPS) is 20.0. The van der Waals surface area contributed by atoms with Gasteiger partial charge in [0.2, 0.25) is 0 Å². The molecule has 0 aliphatic carbocycles. The van der Waals surface area contributed by atoms with E-state index in [0.29, 0.717) is 6.42 Å². The predicted molar refractivity (Wildman–Crippen MR) is 101 cm³/mol. The van der Waals surface area contributed by atoms with Crippen LogP contribution in [0, 0.1) is 0 Å². The third kappa shape index (κ3) is 3.89. The Hall–Kier alpha value is -2.37. The van der Waals surface area contributed by atoms with E-state index in [9.17, 15) is 0 Å². The molecule has 0 amide bonds.